The fourth-order valence-corrected chi connectivity index (χ4v) is 2.69. The topological polar surface area (TPSA) is 20.2 Å². The van der Waals surface area contributed by atoms with Crippen molar-refractivity contribution in [3.05, 3.63) is 33.8 Å². The first kappa shape index (κ1) is 16.6. The second-order valence-corrected chi connectivity index (χ2v) is 5.87. The Morgan fingerprint density at radius 1 is 1.21 bits per heavy atom. The average molecular weight is 335 g/mol. The summed E-state index contributed by atoms with van der Waals surface area (Å²) in [7, 11) is 0. The number of unbranched alkanes of at least 4 members (excludes halogenated alkanes) is 1. The van der Waals surface area contributed by atoms with Gasteiger partial charge in [-0.3, -0.25) is 0 Å². The number of halogens is 3. The molecule has 0 aliphatic rings. The molecule has 2 unspecified atom stereocenters. The maximum absolute atomic E-state index is 13.7. The molecule has 0 aliphatic heterocycles. The molecule has 0 spiro atoms. The Labute approximate surface area is 122 Å². The van der Waals surface area contributed by atoms with Crippen molar-refractivity contribution in [2.24, 2.45) is 5.92 Å². The standard InChI is InChI=1S/C15H21BrF2O/c1-3-5-6-10(4-2)7-14(19)15-12(17)8-11(16)9-13(15)18/h8-10,14,19H,3-7H2,1-2H3. The first-order valence-corrected chi connectivity index (χ1v) is 7.61. The largest absolute Gasteiger partial charge is 0.388 e. The molecule has 4 heteroatoms. The highest BCUT2D eigenvalue weighted by Crippen LogP contribution is 2.31. The highest BCUT2D eigenvalue weighted by Gasteiger charge is 2.21. The van der Waals surface area contributed by atoms with Crippen LogP contribution >= 0.6 is 15.9 Å². The number of benzene rings is 1. The van der Waals surface area contributed by atoms with Crippen LogP contribution in [0.3, 0.4) is 0 Å². The van der Waals surface area contributed by atoms with Gasteiger partial charge in [0.15, 0.2) is 0 Å². The minimum absolute atomic E-state index is 0.210. The smallest absolute Gasteiger partial charge is 0.133 e. The van der Waals surface area contributed by atoms with Gasteiger partial charge in [0.25, 0.3) is 0 Å². The molecular weight excluding hydrogens is 314 g/mol. The van der Waals surface area contributed by atoms with Gasteiger partial charge in [-0.25, -0.2) is 8.78 Å². The summed E-state index contributed by atoms with van der Waals surface area (Å²) in [5, 5.41) is 10.1. The van der Waals surface area contributed by atoms with Gasteiger partial charge >= 0.3 is 0 Å². The Morgan fingerprint density at radius 3 is 2.26 bits per heavy atom. The monoisotopic (exact) mass is 334 g/mol. The third kappa shape index (κ3) is 4.84. The van der Waals surface area contributed by atoms with Gasteiger partial charge < -0.3 is 5.11 Å². The maximum Gasteiger partial charge on any atom is 0.133 e. The van der Waals surface area contributed by atoms with Crippen LogP contribution in [0.4, 0.5) is 8.78 Å². The van der Waals surface area contributed by atoms with Crippen LogP contribution in [0.15, 0.2) is 16.6 Å². The number of hydrogen-bond donors (Lipinski definition) is 1. The molecule has 0 saturated heterocycles. The Morgan fingerprint density at radius 2 is 1.79 bits per heavy atom. The molecule has 1 N–H and O–H groups in total. The van der Waals surface area contributed by atoms with Gasteiger partial charge in [0, 0.05) is 4.47 Å². The molecule has 1 aromatic carbocycles. The van der Waals surface area contributed by atoms with Gasteiger partial charge in [0.05, 0.1) is 11.7 Å². The minimum Gasteiger partial charge on any atom is -0.388 e. The second-order valence-electron chi connectivity index (χ2n) is 4.95. The fraction of sp³-hybridized carbons (Fsp3) is 0.600. The summed E-state index contributed by atoms with van der Waals surface area (Å²) < 4.78 is 27.8. The molecule has 19 heavy (non-hydrogen) atoms. The second kappa shape index (κ2) is 7.95. The third-order valence-electron chi connectivity index (χ3n) is 3.48. The van der Waals surface area contributed by atoms with Crippen LogP contribution in [0, 0.1) is 17.6 Å². The van der Waals surface area contributed by atoms with Gasteiger partial charge in [0.2, 0.25) is 0 Å². The van der Waals surface area contributed by atoms with Crippen LogP contribution in [-0.2, 0) is 0 Å². The molecular formula is C15H21BrF2O. The summed E-state index contributed by atoms with van der Waals surface area (Å²) in [6.45, 7) is 4.15. The van der Waals surface area contributed by atoms with Crippen LogP contribution in [0.2, 0.25) is 0 Å². The predicted molar refractivity (Wildman–Crippen MR) is 76.9 cm³/mol. The number of aliphatic hydroxyl groups excluding tert-OH is 1. The summed E-state index contributed by atoms with van der Waals surface area (Å²) in [5.41, 5.74) is -0.210. The molecule has 0 aliphatic carbocycles. The number of hydrogen-bond acceptors (Lipinski definition) is 1. The zero-order chi connectivity index (χ0) is 14.4. The summed E-state index contributed by atoms with van der Waals surface area (Å²) in [6.07, 6.45) is 3.41. The van der Waals surface area contributed by atoms with E-state index in [1.54, 1.807) is 0 Å². The lowest BCUT2D eigenvalue weighted by molar-refractivity contribution is 0.131. The van der Waals surface area contributed by atoms with E-state index >= 15 is 0 Å². The summed E-state index contributed by atoms with van der Waals surface area (Å²) in [4.78, 5) is 0. The van der Waals surface area contributed by atoms with E-state index in [-0.39, 0.29) is 5.56 Å². The highest BCUT2D eigenvalue weighted by atomic mass is 79.9. The number of aliphatic hydroxyl groups is 1. The highest BCUT2D eigenvalue weighted by molar-refractivity contribution is 9.10. The van der Waals surface area contributed by atoms with Crippen molar-refractivity contribution in [1.29, 1.82) is 0 Å². The maximum atomic E-state index is 13.7. The Balaban J connectivity index is 2.79. The van der Waals surface area contributed by atoms with Crippen LogP contribution in [0.1, 0.15) is 57.6 Å². The predicted octanol–water partition coefficient (Wildman–Crippen LogP) is 5.37. The SMILES string of the molecule is CCCCC(CC)CC(O)c1c(F)cc(Br)cc1F. The van der Waals surface area contributed by atoms with Gasteiger partial charge in [-0.2, -0.15) is 0 Å². The van der Waals surface area contributed by atoms with E-state index in [9.17, 15) is 13.9 Å². The quantitative estimate of drug-likeness (QED) is 0.710. The molecule has 0 radical (unpaired) electrons. The Kier molecular flexibility index (Phi) is 6.94. The van der Waals surface area contributed by atoms with E-state index in [2.05, 4.69) is 22.9 Å². The van der Waals surface area contributed by atoms with Gasteiger partial charge in [0.1, 0.15) is 11.6 Å². The van der Waals surface area contributed by atoms with Crippen molar-refractivity contribution in [2.45, 2.75) is 52.1 Å². The van der Waals surface area contributed by atoms with Crippen molar-refractivity contribution in [3.63, 3.8) is 0 Å². The average Bonchev–Trinajstić information content (AvgIpc) is 2.33. The fourth-order valence-electron chi connectivity index (χ4n) is 2.29. The normalized spacial score (nSPS) is 14.4. The molecule has 0 aromatic heterocycles. The molecule has 1 rings (SSSR count). The minimum atomic E-state index is -1.07. The van der Waals surface area contributed by atoms with Gasteiger partial charge in [-0.05, 0) is 24.5 Å². The Hall–Kier alpha value is -0.480. The van der Waals surface area contributed by atoms with E-state index < -0.39 is 17.7 Å². The zero-order valence-electron chi connectivity index (χ0n) is 11.4. The lowest BCUT2D eigenvalue weighted by atomic mass is 9.90. The molecule has 0 heterocycles. The van der Waals surface area contributed by atoms with E-state index in [1.165, 1.54) is 12.1 Å². The first-order chi connectivity index (χ1) is 8.99. The van der Waals surface area contributed by atoms with Gasteiger partial charge in [-0.15, -0.1) is 0 Å². The molecule has 108 valence electrons. The summed E-state index contributed by atoms with van der Waals surface area (Å²) in [5.74, 6) is -1.08. The third-order valence-corrected chi connectivity index (χ3v) is 3.93. The lowest BCUT2D eigenvalue weighted by Crippen LogP contribution is -2.10. The van der Waals surface area contributed by atoms with E-state index in [4.69, 9.17) is 0 Å². The Bertz CT molecular complexity index is 386. The molecule has 1 aromatic rings. The van der Waals surface area contributed by atoms with Crippen molar-refractivity contribution in [3.8, 4) is 0 Å². The van der Waals surface area contributed by atoms with E-state index in [0.29, 0.717) is 16.8 Å². The molecule has 0 fully saturated rings. The van der Waals surface area contributed by atoms with E-state index in [1.807, 2.05) is 6.92 Å². The summed E-state index contributed by atoms with van der Waals surface area (Å²) >= 11 is 3.03. The molecule has 0 bridgehead atoms. The van der Waals surface area contributed by atoms with Crippen LogP contribution in [0.5, 0.6) is 0 Å². The molecule has 0 amide bonds. The van der Waals surface area contributed by atoms with Crippen molar-refractivity contribution < 1.29 is 13.9 Å². The van der Waals surface area contributed by atoms with Crippen LogP contribution in [0.25, 0.3) is 0 Å². The van der Waals surface area contributed by atoms with Crippen molar-refractivity contribution in [1.82, 2.24) is 0 Å². The molecule has 0 saturated carbocycles. The lowest BCUT2D eigenvalue weighted by Gasteiger charge is -2.20. The molecule has 2 atom stereocenters. The molecule has 1 nitrogen and oxygen atoms in total. The van der Waals surface area contributed by atoms with Crippen molar-refractivity contribution >= 4 is 15.9 Å². The van der Waals surface area contributed by atoms with Crippen molar-refractivity contribution in [2.75, 3.05) is 0 Å². The van der Waals surface area contributed by atoms with Crippen LogP contribution < -0.4 is 0 Å². The first-order valence-electron chi connectivity index (χ1n) is 6.82. The summed E-state index contributed by atoms with van der Waals surface area (Å²) in [6, 6.07) is 2.38. The van der Waals surface area contributed by atoms with E-state index in [0.717, 1.165) is 25.7 Å². The van der Waals surface area contributed by atoms with Gasteiger partial charge in [-0.1, -0.05) is 55.5 Å². The zero-order valence-corrected chi connectivity index (χ0v) is 13.0. The van der Waals surface area contributed by atoms with Crippen LogP contribution in [-0.4, -0.2) is 5.11 Å². The number of rotatable bonds is 7.